The van der Waals surface area contributed by atoms with Crippen molar-refractivity contribution in [1.29, 1.82) is 0 Å². The first kappa shape index (κ1) is 29.7. The molecule has 2 atom stereocenters. The molecule has 0 aliphatic carbocycles. The molecule has 1 aliphatic heterocycles. The van der Waals surface area contributed by atoms with E-state index in [-0.39, 0.29) is 35.9 Å². The Kier molecular flexibility index (Phi) is 10.8. The van der Waals surface area contributed by atoms with E-state index in [0.717, 1.165) is 6.42 Å². The zero-order chi connectivity index (χ0) is 27.8. The number of carbonyl (C=O) groups is 2. The minimum absolute atomic E-state index is 0.0139. The van der Waals surface area contributed by atoms with Crippen LogP contribution in [0, 0.1) is 5.82 Å². The van der Waals surface area contributed by atoms with Gasteiger partial charge in [-0.3, -0.25) is 14.5 Å². The molecule has 208 valence electrons. The maximum absolute atomic E-state index is 15.1. The molecular formula is C30H41FN2O5. The van der Waals surface area contributed by atoms with Crippen molar-refractivity contribution in [3.05, 3.63) is 53.3 Å². The summed E-state index contributed by atoms with van der Waals surface area (Å²) >= 11 is 0. The highest BCUT2D eigenvalue weighted by Gasteiger charge is 2.26. The van der Waals surface area contributed by atoms with Crippen molar-refractivity contribution in [2.45, 2.75) is 65.1 Å². The number of hydrogen-bond acceptors (Lipinski definition) is 6. The zero-order valence-corrected chi connectivity index (χ0v) is 23.2. The highest BCUT2D eigenvalue weighted by Crippen LogP contribution is 2.34. The number of aliphatic hydroxyl groups excluding tert-OH is 1. The number of amides is 1. The zero-order valence-electron chi connectivity index (χ0n) is 23.2. The summed E-state index contributed by atoms with van der Waals surface area (Å²) in [5, 5.41) is 9.77. The normalized spacial score (nSPS) is 16.6. The van der Waals surface area contributed by atoms with Crippen molar-refractivity contribution < 1.29 is 28.6 Å². The Morgan fingerprint density at radius 3 is 2.47 bits per heavy atom. The predicted octanol–water partition coefficient (Wildman–Crippen LogP) is 4.81. The van der Waals surface area contributed by atoms with Crippen LogP contribution >= 0.6 is 0 Å². The van der Waals surface area contributed by atoms with E-state index in [2.05, 4.69) is 0 Å². The minimum atomic E-state index is -0.484. The van der Waals surface area contributed by atoms with Crippen molar-refractivity contribution in [2.75, 3.05) is 40.0 Å². The molecule has 8 heteroatoms. The Morgan fingerprint density at radius 2 is 1.84 bits per heavy atom. The number of likely N-dealkylation sites (tertiary alicyclic amines) is 1. The van der Waals surface area contributed by atoms with E-state index < -0.39 is 11.9 Å². The van der Waals surface area contributed by atoms with E-state index in [1.54, 1.807) is 31.4 Å². The van der Waals surface area contributed by atoms with Gasteiger partial charge in [0.2, 0.25) is 0 Å². The molecule has 1 amide bonds. The molecule has 1 heterocycles. The number of halogens is 1. The summed E-state index contributed by atoms with van der Waals surface area (Å²) < 4.78 is 26.3. The first-order valence-corrected chi connectivity index (χ1v) is 13.5. The van der Waals surface area contributed by atoms with Crippen LogP contribution in [0.4, 0.5) is 4.39 Å². The summed E-state index contributed by atoms with van der Waals surface area (Å²) in [4.78, 5) is 30.2. The molecule has 0 bridgehead atoms. The fourth-order valence-electron chi connectivity index (χ4n) is 4.83. The van der Waals surface area contributed by atoms with E-state index >= 15 is 4.39 Å². The topological polar surface area (TPSA) is 79.3 Å². The van der Waals surface area contributed by atoms with Gasteiger partial charge in [0, 0.05) is 67.6 Å². The van der Waals surface area contributed by atoms with Gasteiger partial charge in [-0.2, -0.15) is 0 Å². The number of ether oxygens (including phenoxy) is 2. The Balaban J connectivity index is 1.96. The van der Waals surface area contributed by atoms with Gasteiger partial charge in [0.15, 0.2) is 5.78 Å². The molecular weight excluding hydrogens is 487 g/mol. The van der Waals surface area contributed by atoms with E-state index in [0.29, 0.717) is 61.6 Å². The molecule has 1 aliphatic rings. The van der Waals surface area contributed by atoms with Crippen molar-refractivity contribution in [3.63, 3.8) is 0 Å². The second kappa shape index (κ2) is 13.8. The van der Waals surface area contributed by atoms with Crippen molar-refractivity contribution in [1.82, 2.24) is 9.80 Å². The summed E-state index contributed by atoms with van der Waals surface area (Å²) in [7, 11) is 1.61. The van der Waals surface area contributed by atoms with Gasteiger partial charge in [-0.15, -0.1) is 0 Å². The summed E-state index contributed by atoms with van der Waals surface area (Å²) in [6, 6.07) is 9.44. The molecule has 2 aromatic carbocycles. The largest absolute Gasteiger partial charge is 0.493 e. The average molecular weight is 529 g/mol. The number of rotatable bonds is 13. The molecule has 0 radical (unpaired) electrons. The van der Waals surface area contributed by atoms with E-state index in [1.165, 1.54) is 12.1 Å². The van der Waals surface area contributed by atoms with Crippen molar-refractivity contribution in [3.8, 4) is 16.9 Å². The number of nitrogens with zero attached hydrogens (tertiary/aromatic N) is 2. The monoisotopic (exact) mass is 528 g/mol. The summed E-state index contributed by atoms with van der Waals surface area (Å²) in [6.45, 7) is 10.2. The lowest BCUT2D eigenvalue weighted by atomic mass is 9.97. The fourth-order valence-corrected chi connectivity index (χ4v) is 4.83. The number of ketones is 1. The van der Waals surface area contributed by atoms with Crippen LogP contribution in [0.3, 0.4) is 0 Å². The Morgan fingerprint density at radius 1 is 1.11 bits per heavy atom. The second-order valence-corrected chi connectivity index (χ2v) is 10.3. The number of methoxy groups -OCH3 is 1. The third kappa shape index (κ3) is 7.40. The number of benzene rings is 2. The third-order valence-corrected chi connectivity index (χ3v) is 7.03. The first-order valence-electron chi connectivity index (χ1n) is 13.5. The molecule has 7 nitrogen and oxygen atoms in total. The van der Waals surface area contributed by atoms with Gasteiger partial charge in [0.25, 0.3) is 5.91 Å². The number of hydrogen-bond donors (Lipinski definition) is 1. The summed E-state index contributed by atoms with van der Waals surface area (Å²) in [5.74, 6) is -0.357. The molecule has 1 fully saturated rings. The number of β-amino-alcohol motifs (C(OH)–C–C–N with tert-alkyl or cyclic N) is 1. The molecule has 2 aromatic rings. The average Bonchev–Trinajstić information content (AvgIpc) is 3.30. The van der Waals surface area contributed by atoms with Gasteiger partial charge in [-0.1, -0.05) is 6.92 Å². The van der Waals surface area contributed by atoms with E-state index in [1.807, 2.05) is 37.5 Å². The van der Waals surface area contributed by atoms with Crippen LogP contribution in [0.15, 0.2) is 36.4 Å². The summed E-state index contributed by atoms with van der Waals surface area (Å²) in [6.07, 6.45) is 1.67. The molecule has 38 heavy (non-hydrogen) atoms. The molecule has 0 aromatic heterocycles. The smallest absolute Gasteiger partial charge is 0.254 e. The van der Waals surface area contributed by atoms with Crippen molar-refractivity contribution >= 4 is 11.7 Å². The van der Waals surface area contributed by atoms with Crippen LogP contribution in [0.5, 0.6) is 5.75 Å². The second-order valence-electron chi connectivity index (χ2n) is 10.3. The van der Waals surface area contributed by atoms with Gasteiger partial charge in [-0.25, -0.2) is 4.39 Å². The first-order chi connectivity index (χ1) is 18.2. The molecule has 3 rings (SSSR count). The lowest BCUT2D eigenvalue weighted by molar-refractivity contribution is 0.0621. The van der Waals surface area contributed by atoms with Gasteiger partial charge in [-0.05, 0) is 70.0 Å². The summed E-state index contributed by atoms with van der Waals surface area (Å²) in [5.41, 5.74) is 1.56. The van der Waals surface area contributed by atoms with Crippen LogP contribution in [0.25, 0.3) is 11.1 Å². The quantitative estimate of drug-likeness (QED) is 0.297. The maximum atomic E-state index is 15.1. The van der Waals surface area contributed by atoms with E-state index in [4.69, 9.17) is 9.47 Å². The molecule has 0 spiro atoms. The lowest BCUT2D eigenvalue weighted by Gasteiger charge is -2.32. The van der Waals surface area contributed by atoms with Crippen LogP contribution in [-0.2, 0) is 4.74 Å². The van der Waals surface area contributed by atoms with Crippen LogP contribution in [0.1, 0.15) is 67.7 Å². The lowest BCUT2D eigenvalue weighted by Crippen LogP contribution is -2.43. The fraction of sp³-hybridized carbons (Fsp3) is 0.533. The van der Waals surface area contributed by atoms with Crippen LogP contribution in [-0.4, -0.2) is 84.7 Å². The SMILES string of the molecule is CC[C@@H](C)N(C(=O)c1ccc(-c2cc(C(=O)CN3CCC(O)C3)ccc2F)c(OCCCOC)c1)C(C)C. The Bertz CT molecular complexity index is 1110. The van der Waals surface area contributed by atoms with Gasteiger partial charge >= 0.3 is 0 Å². The highest BCUT2D eigenvalue weighted by molar-refractivity contribution is 5.99. The van der Waals surface area contributed by atoms with Gasteiger partial charge in [0.05, 0.1) is 19.3 Å². The maximum Gasteiger partial charge on any atom is 0.254 e. The van der Waals surface area contributed by atoms with Gasteiger partial charge in [0.1, 0.15) is 11.6 Å². The van der Waals surface area contributed by atoms with Crippen molar-refractivity contribution in [2.24, 2.45) is 0 Å². The molecule has 1 saturated heterocycles. The number of carbonyl (C=O) groups excluding carboxylic acids is 2. The molecule has 0 saturated carbocycles. The van der Waals surface area contributed by atoms with E-state index in [9.17, 15) is 14.7 Å². The number of aliphatic hydroxyl groups is 1. The molecule has 1 N–H and O–H groups in total. The third-order valence-electron chi connectivity index (χ3n) is 7.03. The Hall–Kier alpha value is -2.81. The van der Waals surface area contributed by atoms with Crippen LogP contribution < -0.4 is 4.74 Å². The number of Topliss-reactive ketones (excluding diaryl/α,β-unsaturated/α-hetero) is 1. The van der Waals surface area contributed by atoms with Gasteiger partial charge < -0.3 is 19.5 Å². The molecule has 1 unspecified atom stereocenters. The Labute approximate surface area is 225 Å². The minimum Gasteiger partial charge on any atom is -0.493 e. The predicted molar refractivity (Wildman–Crippen MR) is 146 cm³/mol. The van der Waals surface area contributed by atoms with Crippen LogP contribution in [0.2, 0.25) is 0 Å². The highest BCUT2D eigenvalue weighted by atomic mass is 19.1. The standard InChI is InChI=1S/C30H41FN2O5/c1-6-21(4)33(20(2)3)30(36)23-8-10-25(29(17-23)38-15-7-14-37-5)26-16-22(9-11-27(26)31)28(35)19-32-13-12-24(34)18-32/h8-11,16-17,20-21,24,34H,6-7,12-15,18-19H2,1-5H3/t21-,24?/m1/s1.